The van der Waals surface area contributed by atoms with Crippen molar-refractivity contribution in [2.75, 3.05) is 11.9 Å². The number of hydrogen-bond donors (Lipinski definition) is 1. The lowest BCUT2D eigenvalue weighted by Gasteiger charge is -2.07. The Balaban J connectivity index is 1.67. The minimum atomic E-state index is 0.717. The fraction of sp³-hybridized carbons (Fsp3) is 0.105. The average Bonchev–Trinajstić information content (AvgIpc) is 2.93. The van der Waals surface area contributed by atoms with Crippen LogP contribution in [-0.4, -0.2) is 16.1 Å². The van der Waals surface area contributed by atoms with Gasteiger partial charge in [0.05, 0.1) is 11.9 Å². The number of benzene rings is 2. The Kier molecular flexibility index (Phi) is 4.79. The number of anilines is 1. The maximum absolute atomic E-state index is 6.06. The second kappa shape index (κ2) is 7.16. The third-order valence-electron chi connectivity index (χ3n) is 3.60. The largest absolute Gasteiger partial charge is 0.352 e. The molecule has 1 N–H and O–H groups in total. The molecule has 0 bridgehead atoms. The van der Waals surface area contributed by atoms with Crippen molar-refractivity contribution in [1.29, 1.82) is 0 Å². The van der Waals surface area contributed by atoms with Crippen molar-refractivity contribution >= 4 is 23.6 Å². The van der Waals surface area contributed by atoms with E-state index < -0.39 is 0 Å². The molecule has 0 atom stereocenters. The second-order valence-corrected chi connectivity index (χ2v) is 5.67. The van der Waals surface area contributed by atoms with Crippen molar-refractivity contribution in [3.8, 4) is 11.3 Å². The third-order valence-corrected chi connectivity index (χ3v) is 3.83. The Morgan fingerprint density at radius 1 is 1.13 bits per heavy atom. The molecule has 0 saturated carbocycles. The van der Waals surface area contributed by atoms with E-state index in [2.05, 4.69) is 34.6 Å². The van der Waals surface area contributed by atoms with Crippen LogP contribution in [0, 0.1) is 0 Å². The maximum Gasteiger partial charge on any atom is 0.203 e. The van der Waals surface area contributed by atoms with Crippen molar-refractivity contribution in [2.45, 2.75) is 0 Å². The topological polar surface area (TPSA) is 29.9 Å². The summed E-state index contributed by atoms with van der Waals surface area (Å²) >= 11 is 6.06. The van der Waals surface area contributed by atoms with Crippen LogP contribution in [0.1, 0.15) is 5.56 Å². The van der Waals surface area contributed by atoms with E-state index in [0.717, 1.165) is 22.2 Å². The Morgan fingerprint density at radius 3 is 2.74 bits per heavy atom. The van der Waals surface area contributed by atoms with Gasteiger partial charge in [0.25, 0.3) is 0 Å². The smallest absolute Gasteiger partial charge is 0.203 e. The molecule has 0 spiro atoms. The van der Waals surface area contributed by atoms with Gasteiger partial charge in [-0.2, -0.15) is 0 Å². The molecule has 0 fully saturated rings. The summed E-state index contributed by atoms with van der Waals surface area (Å²) in [5.41, 5.74) is 3.27. The zero-order valence-electron chi connectivity index (χ0n) is 12.9. The van der Waals surface area contributed by atoms with Gasteiger partial charge < -0.3 is 9.88 Å². The van der Waals surface area contributed by atoms with Crippen LogP contribution in [0.25, 0.3) is 17.3 Å². The molecule has 23 heavy (non-hydrogen) atoms. The molecule has 1 aromatic heterocycles. The summed E-state index contributed by atoms with van der Waals surface area (Å²) in [6, 6.07) is 18.0. The minimum Gasteiger partial charge on any atom is -0.352 e. The van der Waals surface area contributed by atoms with E-state index in [1.54, 1.807) is 0 Å². The van der Waals surface area contributed by atoms with Crippen molar-refractivity contribution in [2.24, 2.45) is 7.05 Å². The van der Waals surface area contributed by atoms with Gasteiger partial charge in [0.15, 0.2) is 0 Å². The lowest BCUT2D eigenvalue weighted by atomic mass is 10.2. The number of halogens is 1. The maximum atomic E-state index is 6.06. The highest BCUT2D eigenvalue weighted by Gasteiger charge is 2.07. The number of hydrogen-bond acceptors (Lipinski definition) is 2. The molecule has 0 radical (unpaired) electrons. The lowest BCUT2D eigenvalue weighted by Crippen LogP contribution is -2.05. The van der Waals surface area contributed by atoms with Crippen molar-refractivity contribution in [3.63, 3.8) is 0 Å². The predicted octanol–water partition coefficient (Wildman–Crippen LogP) is 4.87. The molecule has 0 unspecified atom stereocenters. The molecular weight excluding hydrogens is 306 g/mol. The van der Waals surface area contributed by atoms with Gasteiger partial charge >= 0.3 is 0 Å². The van der Waals surface area contributed by atoms with Gasteiger partial charge in [-0.25, -0.2) is 4.98 Å². The molecule has 4 heteroatoms. The van der Waals surface area contributed by atoms with Crippen LogP contribution in [0.2, 0.25) is 5.02 Å². The molecule has 0 aliphatic carbocycles. The molecule has 1 heterocycles. The van der Waals surface area contributed by atoms with Gasteiger partial charge in [-0.15, -0.1) is 0 Å². The SMILES string of the molecule is Cn1c(-c2cccc(Cl)c2)cnc1NCC=Cc1ccccc1. The molecule has 2 aromatic carbocycles. The van der Waals surface area contributed by atoms with Gasteiger partial charge in [0, 0.05) is 24.2 Å². The van der Waals surface area contributed by atoms with Crippen LogP contribution < -0.4 is 5.32 Å². The number of nitrogens with zero attached hydrogens (tertiary/aromatic N) is 2. The Morgan fingerprint density at radius 2 is 1.96 bits per heavy atom. The van der Waals surface area contributed by atoms with Gasteiger partial charge in [-0.1, -0.05) is 66.2 Å². The molecule has 0 saturated heterocycles. The van der Waals surface area contributed by atoms with Crippen molar-refractivity contribution in [1.82, 2.24) is 9.55 Å². The summed E-state index contributed by atoms with van der Waals surface area (Å²) in [5.74, 6) is 0.831. The van der Waals surface area contributed by atoms with Crippen LogP contribution in [0.3, 0.4) is 0 Å². The number of aromatic nitrogens is 2. The van der Waals surface area contributed by atoms with E-state index in [0.29, 0.717) is 6.54 Å². The minimum absolute atomic E-state index is 0.717. The average molecular weight is 324 g/mol. The predicted molar refractivity (Wildman–Crippen MR) is 97.6 cm³/mol. The fourth-order valence-electron chi connectivity index (χ4n) is 2.40. The molecule has 3 nitrogen and oxygen atoms in total. The summed E-state index contributed by atoms with van der Waals surface area (Å²) in [6.45, 7) is 0.717. The molecule has 0 aliphatic rings. The van der Waals surface area contributed by atoms with Crippen LogP contribution in [0.5, 0.6) is 0 Å². The Hall–Kier alpha value is -2.52. The third kappa shape index (κ3) is 3.82. The summed E-state index contributed by atoms with van der Waals surface area (Å²) in [6.07, 6.45) is 6.03. The first-order valence-electron chi connectivity index (χ1n) is 7.47. The normalized spacial score (nSPS) is 11.0. The van der Waals surface area contributed by atoms with E-state index in [-0.39, 0.29) is 0 Å². The highest BCUT2D eigenvalue weighted by molar-refractivity contribution is 6.30. The summed E-state index contributed by atoms with van der Waals surface area (Å²) in [7, 11) is 1.99. The lowest BCUT2D eigenvalue weighted by molar-refractivity contribution is 0.920. The zero-order valence-corrected chi connectivity index (χ0v) is 13.7. The van der Waals surface area contributed by atoms with E-state index >= 15 is 0 Å². The first-order chi connectivity index (χ1) is 11.2. The molecular formula is C19H18ClN3. The van der Waals surface area contributed by atoms with Crippen LogP contribution in [0.4, 0.5) is 5.95 Å². The van der Waals surface area contributed by atoms with Gasteiger partial charge in [0.1, 0.15) is 0 Å². The van der Waals surface area contributed by atoms with Gasteiger partial charge in [-0.3, -0.25) is 0 Å². The van der Waals surface area contributed by atoms with E-state index in [1.807, 2.05) is 60.3 Å². The number of rotatable bonds is 5. The summed E-state index contributed by atoms with van der Waals surface area (Å²) in [4.78, 5) is 4.44. The Bertz CT molecular complexity index is 806. The number of imidazole rings is 1. The summed E-state index contributed by atoms with van der Waals surface area (Å²) < 4.78 is 2.03. The zero-order chi connectivity index (χ0) is 16.1. The fourth-order valence-corrected chi connectivity index (χ4v) is 2.59. The second-order valence-electron chi connectivity index (χ2n) is 5.23. The highest BCUT2D eigenvalue weighted by Crippen LogP contribution is 2.24. The van der Waals surface area contributed by atoms with E-state index in [9.17, 15) is 0 Å². The first kappa shape index (κ1) is 15.4. The number of nitrogens with one attached hydrogen (secondary N) is 1. The van der Waals surface area contributed by atoms with Crippen molar-refractivity contribution in [3.05, 3.63) is 77.5 Å². The van der Waals surface area contributed by atoms with Gasteiger partial charge in [-0.05, 0) is 17.7 Å². The van der Waals surface area contributed by atoms with Crippen molar-refractivity contribution < 1.29 is 0 Å². The van der Waals surface area contributed by atoms with E-state index in [1.165, 1.54) is 5.56 Å². The summed E-state index contributed by atoms with van der Waals surface area (Å²) in [5, 5.41) is 4.05. The molecule has 0 aliphatic heterocycles. The van der Waals surface area contributed by atoms with Crippen LogP contribution >= 0.6 is 11.6 Å². The molecule has 3 aromatic rings. The van der Waals surface area contributed by atoms with Crippen LogP contribution in [0.15, 0.2) is 66.9 Å². The molecule has 116 valence electrons. The molecule has 3 rings (SSSR count). The quantitative estimate of drug-likeness (QED) is 0.726. The van der Waals surface area contributed by atoms with Gasteiger partial charge in [0.2, 0.25) is 5.95 Å². The first-order valence-corrected chi connectivity index (χ1v) is 7.85. The van der Waals surface area contributed by atoms with Crippen LogP contribution in [-0.2, 0) is 7.05 Å². The molecule has 0 amide bonds. The standard InChI is InChI=1S/C19H18ClN3/c1-23-18(16-10-5-11-17(20)13-16)14-22-19(23)21-12-6-9-15-7-3-2-4-8-15/h2-11,13-14H,12H2,1H3,(H,21,22). The van der Waals surface area contributed by atoms with E-state index in [4.69, 9.17) is 11.6 Å². The Labute approximate surface area is 141 Å². The highest BCUT2D eigenvalue weighted by atomic mass is 35.5. The monoisotopic (exact) mass is 323 g/mol.